The molecule has 1 unspecified atom stereocenters. The van der Waals surface area contributed by atoms with Gasteiger partial charge in [0, 0.05) is 15.0 Å². The summed E-state index contributed by atoms with van der Waals surface area (Å²) in [5.41, 5.74) is 2.67. The van der Waals surface area contributed by atoms with Crippen molar-refractivity contribution in [3.8, 4) is 0 Å². The summed E-state index contributed by atoms with van der Waals surface area (Å²) < 4.78 is 2.44. The third-order valence-corrected chi connectivity index (χ3v) is 5.59. The van der Waals surface area contributed by atoms with Crippen LogP contribution in [-0.4, -0.2) is 7.05 Å². The zero-order valence-corrected chi connectivity index (χ0v) is 14.3. The van der Waals surface area contributed by atoms with Gasteiger partial charge < -0.3 is 5.32 Å². The summed E-state index contributed by atoms with van der Waals surface area (Å²) in [6.45, 7) is 2.13. The largest absolute Gasteiger partial charge is 0.313 e. The van der Waals surface area contributed by atoms with Crippen molar-refractivity contribution in [1.82, 2.24) is 5.32 Å². The molecule has 0 spiro atoms. The fourth-order valence-electron chi connectivity index (χ4n) is 3.01. The second-order valence-electron chi connectivity index (χ2n) is 5.29. The molecule has 1 saturated carbocycles. The van der Waals surface area contributed by atoms with Gasteiger partial charge in [-0.25, -0.2) is 0 Å². The molecule has 0 amide bonds. The molecule has 1 aliphatic carbocycles. The van der Waals surface area contributed by atoms with Crippen LogP contribution in [0.5, 0.6) is 0 Å². The van der Waals surface area contributed by atoms with Crippen molar-refractivity contribution in [2.24, 2.45) is 5.92 Å². The van der Waals surface area contributed by atoms with Crippen molar-refractivity contribution in [3.63, 3.8) is 0 Å². The Kier molecular flexibility index (Phi) is 5.28. The Hall–Kier alpha value is 0.140. The Labute approximate surface area is 127 Å². The van der Waals surface area contributed by atoms with Crippen molar-refractivity contribution >= 4 is 31.9 Å². The van der Waals surface area contributed by atoms with Crippen molar-refractivity contribution in [1.29, 1.82) is 0 Å². The number of nitrogens with one attached hydrogen (secondary N) is 1. The molecule has 3 heteroatoms. The first-order valence-corrected chi connectivity index (χ1v) is 8.35. The Balaban J connectivity index is 2.28. The van der Waals surface area contributed by atoms with Gasteiger partial charge >= 0.3 is 0 Å². The minimum Gasteiger partial charge on any atom is -0.313 e. The van der Waals surface area contributed by atoms with Gasteiger partial charge in [0.1, 0.15) is 0 Å². The van der Waals surface area contributed by atoms with Crippen LogP contribution in [0, 0.1) is 12.8 Å². The van der Waals surface area contributed by atoms with Gasteiger partial charge in [0.05, 0.1) is 0 Å². The Morgan fingerprint density at radius 3 is 2.39 bits per heavy atom. The second-order valence-corrected chi connectivity index (χ2v) is 7.00. The zero-order valence-electron chi connectivity index (χ0n) is 11.1. The number of benzene rings is 1. The smallest absolute Gasteiger partial charge is 0.0357 e. The first-order chi connectivity index (χ1) is 8.63. The van der Waals surface area contributed by atoms with E-state index in [1.165, 1.54) is 52.2 Å². The minimum atomic E-state index is 0.469. The fraction of sp³-hybridized carbons (Fsp3) is 0.600. The molecular formula is C15H21Br2N. The van der Waals surface area contributed by atoms with Crippen molar-refractivity contribution in [2.45, 2.75) is 45.1 Å². The maximum Gasteiger partial charge on any atom is 0.0357 e. The molecule has 0 saturated heterocycles. The van der Waals surface area contributed by atoms with Crippen LogP contribution in [0.3, 0.4) is 0 Å². The normalized spacial score (nSPS) is 18.9. The third-order valence-electron chi connectivity index (χ3n) is 4.05. The predicted octanol–water partition coefficient (Wildman–Crippen LogP) is 5.36. The molecule has 0 bridgehead atoms. The molecule has 100 valence electrons. The van der Waals surface area contributed by atoms with Crippen LogP contribution in [0.4, 0.5) is 0 Å². The molecule has 1 nitrogen and oxygen atoms in total. The van der Waals surface area contributed by atoms with E-state index in [2.05, 4.69) is 63.3 Å². The highest BCUT2D eigenvalue weighted by Gasteiger charge is 2.25. The zero-order chi connectivity index (χ0) is 13.1. The van der Waals surface area contributed by atoms with E-state index in [1.54, 1.807) is 0 Å². The standard InChI is InChI=1S/C15H21Br2N/c1-10-8-14(17)12(9-13(10)16)15(18-2)11-6-4-3-5-7-11/h8-9,11,15,18H,3-7H2,1-2H3. The van der Waals surface area contributed by atoms with Crippen LogP contribution >= 0.6 is 31.9 Å². The quantitative estimate of drug-likeness (QED) is 0.750. The van der Waals surface area contributed by atoms with E-state index in [0.717, 1.165) is 5.92 Å². The maximum atomic E-state index is 3.73. The van der Waals surface area contributed by atoms with Crippen LogP contribution in [0.1, 0.15) is 49.3 Å². The van der Waals surface area contributed by atoms with E-state index in [-0.39, 0.29) is 0 Å². The number of hydrogen-bond donors (Lipinski definition) is 1. The fourth-order valence-corrected chi connectivity index (χ4v) is 4.08. The number of aryl methyl sites for hydroxylation is 1. The van der Waals surface area contributed by atoms with E-state index in [9.17, 15) is 0 Å². The topological polar surface area (TPSA) is 12.0 Å². The van der Waals surface area contributed by atoms with Crippen LogP contribution in [0.2, 0.25) is 0 Å². The lowest BCUT2D eigenvalue weighted by atomic mass is 9.81. The van der Waals surface area contributed by atoms with Gasteiger partial charge in [0.25, 0.3) is 0 Å². The lowest BCUT2D eigenvalue weighted by molar-refractivity contribution is 0.281. The summed E-state index contributed by atoms with van der Waals surface area (Å²) in [5.74, 6) is 0.773. The molecule has 1 fully saturated rings. The van der Waals surface area contributed by atoms with E-state index in [1.807, 2.05) is 0 Å². The highest BCUT2D eigenvalue weighted by Crippen LogP contribution is 2.38. The Morgan fingerprint density at radius 2 is 1.78 bits per heavy atom. The van der Waals surface area contributed by atoms with E-state index in [0.29, 0.717) is 6.04 Å². The van der Waals surface area contributed by atoms with Gasteiger partial charge in [-0.1, -0.05) is 51.1 Å². The molecule has 1 atom stereocenters. The monoisotopic (exact) mass is 373 g/mol. The average Bonchev–Trinajstić information content (AvgIpc) is 2.38. The van der Waals surface area contributed by atoms with E-state index < -0.39 is 0 Å². The van der Waals surface area contributed by atoms with Gasteiger partial charge in [-0.15, -0.1) is 0 Å². The Morgan fingerprint density at radius 1 is 1.11 bits per heavy atom. The summed E-state index contributed by atoms with van der Waals surface area (Å²) in [7, 11) is 2.08. The molecule has 0 aliphatic heterocycles. The number of halogens is 2. The summed E-state index contributed by atoms with van der Waals surface area (Å²) in [6, 6.07) is 4.96. The summed E-state index contributed by atoms with van der Waals surface area (Å²) in [4.78, 5) is 0. The third kappa shape index (κ3) is 3.17. The highest BCUT2D eigenvalue weighted by molar-refractivity contribution is 9.11. The first kappa shape index (κ1) is 14.5. The van der Waals surface area contributed by atoms with Crippen LogP contribution in [0.25, 0.3) is 0 Å². The number of rotatable bonds is 3. The van der Waals surface area contributed by atoms with E-state index in [4.69, 9.17) is 0 Å². The van der Waals surface area contributed by atoms with Gasteiger partial charge in [0.2, 0.25) is 0 Å². The molecule has 1 aromatic carbocycles. The lowest BCUT2D eigenvalue weighted by Gasteiger charge is -2.31. The summed E-state index contributed by atoms with van der Waals surface area (Å²) >= 11 is 7.38. The van der Waals surface area contributed by atoms with Gasteiger partial charge in [0.15, 0.2) is 0 Å². The van der Waals surface area contributed by atoms with Crippen molar-refractivity contribution in [2.75, 3.05) is 7.05 Å². The average molecular weight is 375 g/mol. The van der Waals surface area contributed by atoms with Crippen molar-refractivity contribution < 1.29 is 0 Å². The minimum absolute atomic E-state index is 0.469. The molecule has 0 heterocycles. The first-order valence-electron chi connectivity index (χ1n) is 6.76. The summed E-state index contributed by atoms with van der Waals surface area (Å²) in [6.07, 6.45) is 6.87. The molecule has 0 aromatic heterocycles. The van der Waals surface area contributed by atoms with Gasteiger partial charge in [-0.05, 0) is 56.0 Å². The number of hydrogen-bond acceptors (Lipinski definition) is 1. The molecular weight excluding hydrogens is 354 g/mol. The van der Waals surface area contributed by atoms with Gasteiger partial charge in [-0.3, -0.25) is 0 Å². The molecule has 1 N–H and O–H groups in total. The Bertz CT molecular complexity index is 411. The maximum absolute atomic E-state index is 3.73. The lowest BCUT2D eigenvalue weighted by Crippen LogP contribution is -2.27. The molecule has 1 aromatic rings. The van der Waals surface area contributed by atoms with Gasteiger partial charge in [-0.2, -0.15) is 0 Å². The van der Waals surface area contributed by atoms with Crippen LogP contribution in [-0.2, 0) is 0 Å². The van der Waals surface area contributed by atoms with Crippen LogP contribution < -0.4 is 5.32 Å². The molecule has 1 aliphatic rings. The SMILES string of the molecule is CNC(c1cc(Br)c(C)cc1Br)C1CCCCC1. The molecule has 18 heavy (non-hydrogen) atoms. The van der Waals surface area contributed by atoms with Crippen LogP contribution in [0.15, 0.2) is 21.1 Å². The second kappa shape index (κ2) is 6.53. The predicted molar refractivity (Wildman–Crippen MR) is 85.0 cm³/mol. The summed E-state index contributed by atoms with van der Waals surface area (Å²) in [5, 5.41) is 3.52. The highest BCUT2D eigenvalue weighted by atomic mass is 79.9. The molecule has 0 radical (unpaired) electrons. The van der Waals surface area contributed by atoms with Crippen molar-refractivity contribution in [3.05, 3.63) is 32.2 Å². The molecule has 2 rings (SSSR count). The van der Waals surface area contributed by atoms with E-state index >= 15 is 0 Å².